The highest BCUT2D eigenvalue weighted by atomic mass is 16.5. The lowest BCUT2D eigenvalue weighted by Crippen LogP contribution is -2.47. The van der Waals surface area contributed by atoms with E-state index in [-0.39, 0.29) is 18.4 Å². The second-order valence-corrected chi connectivity index (χ2v) is 3.13. The molecule has 1 rings (SSSR count). The van der Waals surface area contributed by atoms with Gasteiger partial charge in [-0.1, -0.05) is 0 Å². The first kappa shape index (κ1) is 10.7. The number of rotatable bonds is 3. The molecule has 78 valence electrons. The van der Waals surface area contributed by atoms with Gasteiger partial charge in [-0.15, -0.1) is 0 Å². The van der Waals surface area contributed by atoms with Gasteiger partial charge in [0, 0.05) is 13.7 Å². The van der Waals surface area contributed by atoms with Crippen LogP contribution in [0.4, 0.5) is 0 Å². The van der Waals surface area contributed by atoms with Crippen LogP contribution in [-0.4, -0.2) is 32.1 Å². The molecule has 2 N–H and O–H groups in total. The van der Waals surface area contributed by atoms with Crippen molar-refractivity contribution in [2.75, 3.05) is 20.3 Å². The van der Waals surface area contributed by atoms with Gasteiger partial charge < -0.3 is 15.4 Å². The zero-order valence-electron chi connectivity index (χ0n) is 8.35. The second-order valence-electron chi connectivity index (χ2n) is 3.13. The standard InChI is InChI=1S/C9H14N2O3/c1-6(3-4-14-2)8-9(13)10-5-7(12)11-8/h3-5H2,1-2H3,(H,10,13)(H,11,12)/b8-6-. The predicted molar refractivity (Wildman–Crippen MR) is 50.3 cm³/mol. The molecule has 0 aromatic heterocycles. The summed E-state index contributed by atoms with van der Waals surface area (Å²) in [7, 11) is 1.59. The summed E-state index contributed by atoms with van der Waals surface area (Å²) in [6.45, 7) is 2.40. The molecule has 0 bridgehead atoms. The Kier molecular flexibility index (Phi) is 3.64. The SMILES string of the molecule is COCC/C(C)=C1\NC(=O)CNC1=O. The maximum atomic E-state index is 11.3. The summed E-state index contributed by atoms with van der Waals surface area (Å²) >= 11 is 0. The van der Waals surface area contributed by atoms with Gasteiger partial charge in [0.2, 0.25) is 5.91 Å². The highest BCUT2D eigenvalue weighted by molar-refractivity contribution is 6.03. The Morgan fingerprint density at radius 2 is 2.21 bits per heavy atom. The zero-order valence-corrected chi connectivity index (χ0v) is 8.35. The molecule has 0 saturated carbocycles. The summed E-state index contributed by atoms with van der Waals surface area (Å²) in [5, 5.41) is 5.04. The molecule has 0 spiro atoms. The zero-order chi connectivity index (χ0) is 10.6. The van der Waals surface area contributed by atoms with Crippen LogP contribution < -0.4 is 10.6 Å². The maximum Gasteiger partial charge on any atom is 0.268 e. The minimum absolute atomic E-state index is 0.0554. The molecule has 5 heteroatoms. The number of methoxy groups -OCH3 is 1. The van der Waals surface area contributed by atoms with Gasteiger partial charge in [0.05, 0.1) is 6.54 Å². The van der Waals surface area contributed by atoms with E-state index in [9.17, 15) is 9.59 Å². The summed E-state index contributed by atoms with van der Waals surface area (Å²) in [4.78, 5) is 22.3. The summed E-state index contributed by atoms with van der Waals surface area (Å²) in [5.74, 6) is -0.408. The first-order chi connectivity index (χ1) is 6.65. The van der Waals surface area contributed by atoms with Gasteiger partial charge >= 0.3 is 0 Å². The van der Waals surface area contributed by atoms with Crippen LogP contribution in [0.15, 0.2) is 11.3 Å². The van der Waals surface area contributed by atoms with E-state index in [0.717, 1.165) is 5.57 Å². The number of carbonyl (C=O) groups is 2. The second kappa shape index (κ2) is 4.76. The van der Waals surface area contributed by atoms with Crippen molar-refractivity contribution in [3.05, 3.63) is 11.3 Å². The number of hydrogen-bond donors (Lipinski definition) is 2. The predicted octanol–water partition coefficient (Wildman–Crippen LogP) is -0.457. The van der Waals surface area contributed by atoms with Gasteiger partial charge in [-0.2, -0.15) is 0 Å². The van der Waals surface area contributed by atoms with Crippen molar-refractivity contribution >= 4 is 11.8 Å². The average Bonchev–Trinajstić information content (AvgIpc) is 2.18. The lowest BCUT2D eigenvalue weighted by Gasteiger charge is -2.18. The fraction of sp³-hybridized carbons (Fsp3) is 0.556. The van der Waals surface area contributed by atoms with Crippen molar-refractivity contribution in [1.82, 2.24) is 10.6 Å². The van der Waals surface area contributed by atoms with E-state index in [4.69, 9.17) is 4.74 Å². The van der Waals surface area contributed by atoms with E-state index in [1.807, 2.05) is 0 Å². The fourth-order valence-corrected chi connectivity index (χ4v) is 1.17. The van der Waals surface area contributed by atoms with Crippen LogP contribution in [-0.2, 0) is 14.3 Å². The summed E-state index contributed by atoms with van der Waals surface area (Å²) < 4.78 is 4.89. The highest BCUT2D eigenvalue weighted by Crippen LogP contribution is 2.08. The smallest absolute Gasteiger partial charge is 0.268 e. The van der Waals surface area contributed by atoms with E-state index in [1.165, 1.54) is 0 Å². The Bertz CT molecular complexity index is 284. The van der Waals surface area contributed by atoms with Crippen LogP contribution in [0.2, 0.25) is 0 Å². The first-order valence-electron chi connectivity index (χ1n) is 4.42. The Labute approximate surface area is 82.5 Å². The topological polar surface area (TPSA) is 67.4 Å². The molecule has 0 aromatic rings. The van der Waals surface area contributed by atoms with Gasteiger partial charge in [-0.05, 0) is 18.9 Å². The van der Waals surface area contributed by atoms with E-state index < -0.39 is 0 Å². The minimum atomic E-state index is -0.224. The summed E-state index contributed by atoms with van der Waals surface area (Å²) in [6.07, 6.45) is 0.638. The van der Waals surface area contributed by atoms with Gasteiger partial charge in [0.25, 0.3) is 5.91 Å². The number of amides is 2. The molecule has 0 atom stereocenters. The third-order valence-corrected chi connectivity index (χ3v) is 2.01. The van der Waals surface area contributed by atoms with Gasteiger partial charge in [-0.3, -0.25) is 9.59 Å². The van der Waals surface area contributed by atoms with Crippen LogP contribution in [0, 0.1) is 0 Å². The average molecular weight is 198 g/mol. The van der Waals surface area contributed by atoms with Crippen molar-refractivity contribution < 1.29 is 14.3 Å². The van der Waals surface area contributed by atoms with Gasteiger partial charge in [0.15, 0.2) is 0 Å². The summed E-state index contributed by atoms with van der Waals surface area (Å²) in [5.41, 5.74) is 1.19. The first-order valence-corrected chi connectivity index (χ1v) is 4.42. The lowest BCUT2D eigenvalue weighted by molar-refractivity contribution is -0.128. The number of nitrogens with one attached hydrogen (secondary N) is 2. The number of ether oxygens (including phenoxy) is 1. The van der Waals surface area contributed by atoms with Crippen LogP contribution in [0.25, 0.3) is 0 Å². The molecule has 1 fully saturated rings. The molecule has 0 unspecified atom stereocenters. The Balaban J connectivity index is 2.70. The van der Waals surface area contributed by atoms with Crippen molar-refractivity contribution in [1.29, 1.82) is 0 Å². The van der Waals surface area contributed by atoms with Crippen molar-refractivity contribution in [3.63, 3.8) is 0 Å². The largest absolute Gasteiger partial charge is 0.384 e. The quantitative estimate of drug-likeness (QED) is 0.603. The van der Waals surface area contributed by atoms with E-state index >= 15 is 0 Å². The van der Waals surface area contributed by atoms with Gasteiger partial charge in [0.1, 0.15) is 5.70 Å². The summed E-state index contributed by atoms with van der Waals surface area (Å²) in [6, 6.07) is 0. The number of hydrogen-bond acceptors (Lipinski definition) is 3. The molecule has 14 heavy (non-hydrogen) atoms. The molecule has 1 aliphatic heterocycles. The molecule has 2 amide bonds. The Hall–Kier alpha value is -1.36. The molecule has 5 nitrogen and oxygen atoms in total. The van der Waals surface area contributed by atoms with E-state index in [0.29, 0.717) is 18.7 Å². The fourth-order valence-electron chi connectivity index (χ4n) is 1.17. The van der Waals surface area contributed by atoms with E-state index in [1.54, 1.807) is 14.0 Å². The number of piperazine rings is 1. The molecule has 1 heterocycles. The molecule has 1 saturated heterocycles. The van der Waals surface area contributed by atoms with Crippen molar-refractivity contribution in [3.8, 4) is 0 Å². The normalized spacial score (nSPS) is 20.1. The molecule has 0 aliphatic carbocycles. The molecular weight excluding hydrogens is 184 g/mol. The van der Waals surface area contributed by atoms with Crippen LogP contribution >= 0.6 is 0 Å². The number of carbonyl (C=O) groups excluding carboxylic acids is 2. The van der Waals surface area contributed by atoms with Crippen molar-refractivity contribution in [2.45, 2.75) is 13.3 Å². The molecular formula is C9H14N2O3. The van der Waals surface area contributed by atoms with Crippen LogP contribution in [0.5, 0.6) is 0 Å². The maximum absolute atomic E-state index is 11.3. The van der Waals surface area contributed by atoms with E-state index in [2.05, 4.69) is 10.6 Å². The van der Waals surface area contributed by atoms with Gasteiger partial charge in [-0.25, -0.2) is 0 Å². The minimum Gasteiger partial charge on any atom is -0.384 e. The van der Waals surface area contributed by atoms with Crippen LogP contribution in [0.3, 0.4) is 0 Å². The Morgan fingerprint density at radius 1 is 1.50 bits per heavy atom. The Morgan fingerprint density at radius 3 is 2.86 bits per heavy atom. The van der Waals surface area contributed by atoms with Crippen LogP contribution in [0.1, 0.15) is 13.3 Å². The molecule has 0 radical (unpaired) electrons. The van der Waals surface area contributed by atoms with Crippen molar-refractivity contribution in [2.24, 2.45) is 0 Å². The third kappa shape index (κ3) is 2.56. The molecule has 1 aliphatic rings. The highest BCUT2D eigenvalue weighted by Gasteiger charge is 2.21. The lowest BCUT2D eigenvalue weighted by atomic mass is 10.1. The molecule has 0 aromatic carbocycles. The third-order valence-electron chi connectivity index (χ3n) is 2.01. The monoisotopic (exact) mass is 198 g/mol.